The lowest BCUT2D eigenvalue weighted by Gasteiger charge is -2.20. The third-order valence-electron chi connectivity index (χ3n) is 2.44. The molecule has 0 aliphatic heterocycles. The largest absolute Gasteiger partial charge is 0.395 e. The highest BCUT2D eigenvalue weighted by Crippen LogP contribution is 2.28. The van der Waals surface area contributed by atoms with E-state index in [0.717, 1.165) is 0 Å². The zero-order valence-corrected chi connectivity index (χ0v) is 10.6. The first kappa shape index (κ1) is 14.4. The molecule has 1 amide bonds. The van der Waals surface area contributed by atoms with E-state index in [4.69, 9.17) is 16.7 Å². The Balaban J connectivity index is 3.13. The smallest absolute Gasteiger partial charge is 0.288 e. The normalized spacial score (nSPS) is 10.2. The van der Waals surface area contributed by atoms with Gasteiger partial charge in [-0.1, -0.05) is 17.7 Å². The zero-order valence-electron chi connectivity index (χ0n) is 9.80. The third-order valence-corrected chi connectivity index (χ3v) is 2.84. The number of nitro benzene ring substituents is 1. The maximum absolute atomic E-state index is 12.1. The number of amides is 1. The molecular formula is C11H13ClN2O4. The Hall–Kier alpha value is -1.66. The molecule has 18 heavy (non-hydrogen) atoms. The molecular weight excluding hydrogens is 260 g/mol. The molecule has 1 aromatic rings. The van der Waals surface area contributed by atoms with Gasteiger partial charge in [0.15, 0.2) is 0 Å². The number of nitrogens with zero attached hydrogens (tertiary/aromatic N) is 2. The van der Waals surface area contributed by atoms with E-state index in [-0.39, 0.29) is 29.4 Å². The molecule has 1 rings (SSSR count). The minimum absolute atomic E-state index is 0.0705. The molecule has 0 aliphatic rings. The van der Waals surface area contributed by atoms with E-state index in [2.05, 4.69) is 0 Å². The van der Waals surface area contributed by atoms with Gasteiger partial charge in [0.1, 0.15) is 5.02 Å². The van der Waals surface area contributed by atoms with Gasteiger partial charge in [-0.15, -0.1) is 0 Å². The van der Waals surface area contributed by atoms with Crippen LogP contribution in [0.25, 0.3) is 0 Å². The van der Waals surface area contributed by atoms with Gasteiger partial charge < -0.3 is 10.0 Å². The minimum Gasteiger partial charge on any atom is -0.395 e. The van der Waals surface area contributed by atoms with E-state index >= 15 is 0 Å². The fourth-order valence-corrected chi connectivity index (χ4v) is 1.80. The van der Waals surface area contributed by atoms with Gasteiger partial charge >= 0.3 is 0 Å². The van der Waals surface area contributed by atoms with Gasteiger partial charge in [0, 0.05) is 19.2 Å². The van der Waals surface area contributed by atoms with Crippen molar-refractivity contribution in [3.63, 3.8) is 0 Å². The highest BCUT2D eigenvalue weighted by molar-refractivity contribution is 6.35. The number of aliphatic hydroxyl groups excluding tert-OH is 1. The Morgan fingerprint density at radius 3 is 2.72 bits per heavy atom. The quantitative estimate of drug-likeness (QED) is 0.653. The Bertz CT molecular complexity index is 464. The molecule has 0 saturated heterocycles. The molecule has 7 heteroatoms. The SMILES string of the molecule is CCN(CCO)C(=O)c1cccc([N+](=O)[O-])c1Cl. The summed E-state index contributed by atoms with van der Waals surface area (Å²) in [5.41, 5.74) is -0.233. The molecule has 1 N–H and O–H groups in total. The number of halogens is 1. The Labute approximate surface area is 109 Å². The van der Waals surface area contributed by atoms with Crippen molar-refractivity contribution in [2.75, 3.05) is 19.7 Å². The van der Waals surface area contributed by atoms with Crippen molar-refractivity contribution < 1.29 is 14.8 Å². The fourth-order valence-electron chi connectivity index (χ4n) is 1.52. The highest BCUT2D eigenvalue weighted by atomic mass is 35.5. The molecule has 98 valence electrons. The number of likely N-dealkylation sites (N-methyl/N-ethyl adjacent to an activating group) is 1. The number of benzene rings is 1. The molecule has 0 radical (unpaired) electrons. The summed E-state index contributed by atoms with van der Waals surface area (Å²) in [6.07, 6.45) is 0. The van der Waals surface area contributed by atoms with Crippen molar-refractivity contribution in [1.82, 2.24) is 4.90 Å². The number of carbonyl (C=O) groups excluding carboxylic acids is 1. The summed E-state index contributed by atoms with van der Waals surface area (Å²) >= 11 is 5.85. The average molecular weight is 273 g/mol. The molecule has 0 fully saturated rings. The first-order valence-corrected chi connectivity index (χ1v) is 5.73. The van der Waals surface area contributed by atoms with Crippen LogP contribution >= 0.6 is 11.6 Å². The lowest BCUT2D eigenvalue weighted by molar-refractivity contribution is -0.384. The Morgan fingerprint density at radius 2 is 2.22 bits per heavy atom. The lowest BCUT2D eigenvalue weighted by atomic mass is 10.1. The first-order valence-electron chi connectivity index (χ1n) is 5.36. The molecule has 6 nitrogen and oxygen atoms in total. The van der Waals surface area contributed by atoms with Gasteiger partial charge in [0.05, 0.1) is 17.1 Å². The molecule has 0 heterocycles. The Morgan fingerprint density at radius 1 is 1.56 bits per heavy atom. The van der Waals surface area contributed by atoms with Crippen LogP contribution < -0.4 is 0 Å². The number of hydrogen-bond acceptors (Lipinski definition) is 4. The summed E-state index contributed by atoms with van der Waals surface area (Å²) in [6.45, 7) is 2.12. The second kappa shape index (κ2) is 6.32. The number of rotatable bonds is 5. The topological polar surface area (TPSA) is 83.7 Å². The van der Waals surface area contributed by atoms with Crippen molar-refractivity contribution in [1.29, 1.82) is 0 Å². The van der Waals surface area contributed by atoms with E-state index in [9.17, 15) is 14.9 Å². The maximum atomic E-state index is 12.1. The molecule has 0 atom stereocenters. The predicted octanol–water partition coefficient (Wildman–Crippen LogP) is 1.70. The van der Waals surface area contributed by atoms with Crippen molar-refractivity contribution in [3.05, 3.63) is 38.9 Å². The van der Waals surface area contributed by atoms with Crippen LogP contribution in [0.4, 0.5) is 5.69 Å². The predicted molar refractivity (Wildman–Crippen MR) is 66.8 cm³/mol. The van der Waals surface area contributed by atoms with Gasteiger partial charge in [-0.25, -0.2) is 0 Å². The first-order chi connectivity index (χ1) is 8.52. The minimum atomic E-state index is -0.637. The van der Waals surface area contributed by atoms with Crippen molar-refractivity contribution in [3.8, 4) is 0 Å². The number of nitro groups is 1. The molecule has 0 aromatic heterocycles. The van der Waals surface area contributed by atoms with Gasteiger partial charge in [-0.3, -0.25) is 14.9 Å². The summed E-state index contributed by atoms with van der Waals surface area (Å²) in [4.78, 5) is 23.5. The van der Waals surface area contributed by atoms with Crippen molar-refractivity contribution >= 4 is 23.2 Å². The van der Waals surface area contributed by atoms with Crippen LogP contribution in [0.3, 0.4) is 0 Å². The van der Waals surface area contributed by atoms with E-state index in [1.54, 1.807) is 6.92 Å². The van der Waals surface area contributed by atoms with Gasteiger partial charge in [0.2, 0.25) is 0 Å². The average Bonchev–Trinajstić information content (AvgIpc) is 2.35. The molecule has 0 saturated carbocycles. The van der Waals surface area contributed by atoms with E-state index in [1.165, 1.54) is 23.1 Å². The summed E-state index contributed by atoms with van der Waals surface area (Å²) in [6, 6.07) is 4.07. The van der Waals surface area contributed by atoms with Crippen LogP contribution in [0.15, 0.2) is 18.2 Å². The summed E-state index contributed by atoms with van der Waals surface area (Å²) in [5, 5.41) is 19.4. The summed E-state index contributed by atoms with van der Waals surface area (Å²) < 4.78 is 0. The second-order valence-corrected chi connectivity index (χ2v) is 3.88. The molecule has 0 unspecified atom stereocenters. The van der Waals surface area contributed by atoms with Crippen LogP contribution in [-0.4, -0.2) is 40.5 Å². The molecule has 0 aliphatic carbocycles. The highest BCUT2D eigenvalue weighted by Gasteiger charge is 2.22. The monoisotopic (exact) mass is 272 g/mol. The summed E-state index contributed by atoms with van der Waals surface area (Å²) in [7, 11) is 0. The van der Waals surface area contributed by atoms with Crippen LogP contribution in [0.2, 0.25) is 5.02 Å². The van der Waals surface area contributed by atoms with E-state index < -0.39 is 10.8 Å². The van der Waals surface area contributed by atoms with E-state index in [0.29, 0.717) is 6.54 Å². The third kappa shape index (κ3) is 2.96. The van der Waals surface area contributed by atoms with Crippen molar-refractivity contribution in [2.45, 2.75) is 6.92 Å². The van der Waals surface area contributed by atoms with Crippen LogP contribution in [0.1, 0.15) is 17.3 Å². The second-order valence-electron chi connectivity index (χ2n) is 3.50. The lowest BCUT2D eigenvalue weighted by Crippen LogP contribution is -2.33. The number of aliphatic hydroxyl groups is 1. The van der Waals surface area contributed by atoms with Gasteiger partial charge in [-0.05, 0) is 13.0 Å². The van der Waals surface area contributed by atoms with Crippen LogP contribution in [0.5, 0.6) is 0 Å². The fraction of sp³-hybridized carbons (Fsp3) is 0.364. The van der Waals surface area contributed by atoms with E-state index in [1.807, 2.05) is 0 Å². The Kier molecular flexibility index (Phi) is 5.06. The van der Waals surface area contributed by atoms with Crippen LogP contribution in [0, 0.1) is 10.1 Å². The number of hydrogen-bond donors (Lipinski definition) is 1. The standard InChI is InChI=1S/C11H13ClN2O4/c1-2-13(6-7-15)11(16)8-4-3-5-9(10(8)12)14(17)18/h3-5,15H,2,6-7H2,1H3. The number of carbonyl (C=O) groups is 1. The summed E-state index contributed by atoms with van der Waals surface area (Å²) in [5.74, 6) is -0.430. The van der Waals surface area contributed by atoms with Crippen molar-refractivity contribution in [2.24, 2.45) is 0 Å². The van der Waals surface area contributed by atoms with Crippen LogP contribution in [-0.2, 0) is 0 Å². The molecule has 1 aromatic carbocycles. The van der Waals surface area contributed by atoms with Gasteiger partial charge in [-0.2, -0.15) is 0 Å². The molecule has 0 spiro atoms. The molecule has 0 bridgehead atoms. The van der Waals surface area contributed by atoms with Gasteiger partial charge in [0.25, 0.3) is 11.6 Å². The zero-order chi connectivity index (χ0) is 13.7. The maximum Gasteiger partial charge on any atom is 0.288 e.